The van der Waals surface area contributed by atoms with Gasteiger partial charge in [-0.3, -0.25) is 4.79 Å². The minimum absolute atomic E-state index is 0.00878. The SMILES string of the molecule is O=C(Cc1nc(C(F)(F)F)cs1)c1cc(F)cc(Oc2cncnc2)c1. The second kappa shape index (κ2) is 7.16. The van der Waals surface area contributed by atoms with Crippen molar-refractivity contribution in [1.29, 1.82) is 0 Å². The number of hydrogen-bond donors (Lipinski definition) is 0. The molecule has 0 aliphatic heterocycles. The molecule has 0 atom stereocenters. The van der Waals surface area contributed by atoms with Gasteiger partial charge in [0.15, 0.2) is 17.2 Å². The average Bonchev–Trinajstić information content (AvgIpc) is 3.04. The summed E-state index contributed by atoms with van der Waals surface area (Å²) in [5.74, 6) is -1.02. The number of nitrogens with zero attached hydrogens (tertiary/aromatic N) is 3. The molecule has 0 radical (unpaired) electrons. The van der Waals surface area contributed by atoms with E-state index in [9.17, 15) is 22.4 Å². The van der Waals surface area contributed by atoms with Crippen LogP contribution in [0.3, 0.4) is 0 Å². The molecule has 0 aliphatic rings. The van der Waals surface area contributed by atoms with Gasteiger partial charge in [-0.1, -0.05) is 0 Å². The van der Waals surface area contributed by atoms with Gasteiger partial charge in [0.05, 0.1) is 18.8 Å². The zero-order chi connectivity index (χ0) is 18.7. The smallest absolute Gasteiger partial charge is 0.434 e. The van der Waals surface area contributed by atoms with E-state index in [1.807, 2.05) is 0 Å². The first kappa shape index (κ1) is 17.9. The molecule has 0 saturated carbocycles. The first-order valence-electron chi connectivity index (χ1n) is 7.09. The standard InChI is InChI=1S/C16H9F4N3O2S/c17-10-1-9(2-11(3-10)25-12-5-21-8-22-6-12)13(24)4-15-23-14(7-26-15)16(18,19)20/h1-3,5-8H,4H2. The fourth-order valence-electron chi connectivity index (χ4n) is 2.02. The van der Waals surface area contributed by atoms with Gasteiger partial charge in [-0.2, -0.15) is 13.2 Å². The number of thiazole rings is 1. The van der Waals surface area contributed by atoms with Gasteiger partial charge in [0.25, 0.3) is 0 Å². The minimum Gasteiger partial charge on any atom is -0.454 e. The molecular weight excluding hydrogens is 374 g/mol. The third kappa shape index (κ3) is 4.39. The van der Waals surface area contributed by atoms with E-state index < -0.39 is 23.5 Å². The maximum absolute atomic E-state index is 13.8. The van der Waals surface area contributed by atoms with Crippen molar-refractivity contribution in [3.8, 4) is 11.5 Å². The van der Waals surface area contributed by atoms with Crippen molar-refractivity contribution < 1.29 is 27.1 Å². The normalized spacial score (nSPS) is 11.4. The molecule has 0 unspecified atom stereocenters. The van der Waals surface area contributed by atoms with E-state index in [0.717, 1.165) is 17.5 Å². The van der Waals surface area contributed by atoms with Gasteiger partial charge in [-0.05, 0) is 12.1 Å². The van der Waals surface area contributed by atoms with Crippen LogP contribution in [0, 0.1) is 5.82 Å². The maximum Gasteiger partial charge on any atom is 0.434 e. The third-order valence-electron chi connectivity index (χ3n) is 3.12. The lowest BCUT2D eigenvalue weighted by Crippen LogP contribution is -2.07. The molecule has 0 fully saturated rings. The van der Waals surface area contributed by atoms with Crippen LogP contribution in [-0.4, -0.2) is 20.7 Å². The molecule has 0 saturated heterocycles. The lowest BCUT2D eigenvalue weighted by atomic mass is 10.1. The van der Waals surface area contributed by atoms with E-state index in [1.54, 1.807) is 0 Å². The fraction of sp³-hybridized carbons (Fsp3) is 0.125. The Balaban J connectivity index is 1.78. The van der Waals surface area contributed by atoms with Crippen molar-refractivity contribution in [2.24, 2.45) is 0 Å². The zero-order valence-corrected chi connectivity index (χ0v) is 13.6. The predicted octanol–water partition coefficient (Wildman–Crippen LogP) is 4.31. The highest BCUT2D eigenvalue weighted by molar-refractivity contribution is 7.09. The number of Topliss-reactive ketones (excluding diaryl/α,β-unsaturated/α-hetero) is 1. The molecule has 5 nitrogen and oxygen atoms in total. The lowest BCUT2D eigenvalue weighted by Gasteiger charge is -2.07. The summed E-state index contributed by atoms with van der Waals surface area (Å²) >= 11 is 0.717. The molecule has 3 rings (SSSR count). The molecule has 0 spiro atoms. The minimum atomic E-state index is -4.57. The summed E-state index contributed by atoms with van der Waals surface area (Å²) in [5.41, 5.74) is -1.10. The Morgan fingerprint density at radius 1 is 1.12 bits per heavy atom. The summed E-state index contributed by atoms with van der Waals surface area (Å²) in [7, 11) is 0. The average molecular weight is 383 g/mol. The molecule has 10 heteroatoms. The highest BCUT2D eigenvalue weighted by Crippen LogP contribution is 2.30. The number of halogens is 4. The van der Waals surface area contributed by atoms with Gasteiger partial charge in [0, 0.05) is 17.0 Å². The van der Waals surface area contributed by atoms with Gasteiger partial charge in [-0.15, -0.1) is 11.3 Å². The number of carbonyl (C=O) groups is 1. The van der Waals surface area contributed by atoms with Gasteiger partial charge in [0.1, 0.15) is 22.9 Å². The number of ketones is 1. The number of alkyl halides is 3. The van der Waals surface area contributed by atoms with Crippen LogP contribution >= 0.6 is 11.3 Å². The quantitative estimate of drug-likeness (QED) is 0.485. The number of ether oxygens (including phenoxy) is 1. The monoisotopic (exact) mass is 383 g/mol. The zero-order valence-electron chi connectivity index (χ0n) is 12.8. The summed E-state index contributed by atoms with van der Waals surface area (Å²) < 4.78 is 56.8. The summed E-state index contributed by atoms with van der Waals surface area (Å²) in [4.78, 5) is 23.1. The van der Waals surface area contributed by atoms with E-state index >= 15 is 0 Å². The van der Waals surface area contributed by atoms with E-state index in [-0.39, 0.29) is 28.5 Å². The van der Waals surface area contributed by atoms with Crippen molar-refractivity contribution in [2.75, 3.05) is 0 Å². The van der Waals surface area contributed by atoms with Gasteiger partial charge >= 0.3 is 6.18 Å². The first-order valence-corrected chi connectivity index (χ1v) is 7.97. The van der Waals surface area contributed by atoms with Crippen LogP contribution in [0.15, 0.2) is 42.3 Å². The summed E-state index contributed by atoms with van der Waals surface area (Å²) in [6.07, 6.45) is -0.953. The summed E-state index contributed by atoms with van der Waals surface area (Å²) in [6, 6.07) is 3.33. The predicted molar refractivity (Wildman–Crippen MR) is 83.7 cm³/mol. The molecule has 0 amide bonds. The van der Waals surface area contributed by atoms with Crippen molar-refractivity contribution in [3.63, 3.8) is 0 Å². The Bertz CT molecular complexity index is 929. The Labute approximate surface area is 148 Å². The molecule has 0 N–H and O–H groups in total. The largest absolute Gasteiger partial charge is 0.454 e. The Hall–Kier alpha value is -2.88. The van der Waals surface area contributed by atoms with E-state index in [0.29, 0.717) is 11.3 Å². The number of benzene rings is 1. The van der Waals surface area contributed by atoms with Gasteiger partial charge < -0.3 is 4.74 Å². The molecule has 1 aromatic carbocycles. The van der Waals surface area contributed by atoms with E-state index in [2.05, 4.69) is 15.0 Å². The van der Waals surface area contributed by atoms with Crippen LogP contribution in [0.4, 0.5) is 17.6 Å². The fourth-order valence-corrected chi connectivity index (χ4v) is 2.82. The second-order valence-corrected chi connectivity index (χ2v) is 6.02. The molecule has 134 valence electrons. The lowest BCUT2D eigenvalue weighted by molar-refractivity contribution is -0.140. The van der Waals surface area contributed by atoms with Crippen LogP contribution in [0.2, 0.25) is 0 Å². The summed E-state index contributed by atoms with van der Waals surface area (Å²) in [5, 5.41) is 0.823. The van der Waals surface area contributed by atoms with Crippen molar-refractivity contribution in [2.45, 2.75) is 12.6 Å². The van der Waals surface area contributed by atoms with Crippen LogP contribution in [0.5, 0.6) is 11.5 Å². The van der Waals surface area contributed by atoms with Crippen LogP contribution < -0.4 is 4.74 Å². The molecule has 26 heavy (non-hydrogen) atoms. The highest BCUT2D eigenvalue weighted by Gasteiger charge is 2.33. The Kier molecular flexibility index (Phi) is 4.94. The number of hydrogen-bond acceptors (Lipinski definition) is 6. The van der Waals surface area contributed by atoms with Gasteiger partial charge in [-0.25, -0.2) is 19.3 Å². The number of rotatable bonds is 5. The second-order valence-electron chi connectivity index (χ2n) is 5.08. The van der Waals surface area contributed by atoms with E-state index in [4.69, 9.17) is 4.74 Å². The maximum atomic E-state index is 13.8. The van der Waals surface area contributed by atoms with Crippen LogP contribution in [0.25, 0.3) is 0 Å². The third-order valence-corrected chi connectivity index (χ3v) is 3.97. The van der Waals surface area contributed by atoms with Crippen LogP contribution in [-0.2, 0) is 12.6 Å². The molecule has 0 bridgehead atoms. The van der Waals surface area contributed by atoms with Crippen LogP contribution in [0.1, 0.15) is 21.1 Å². The Morgan fingerprint density at radius 3 is 2.50 bits per heavy atom. The van der Waals surface area contributed by atoms with E-state index in [1.165, 1.54) is 24.8 Å². The number of aromatic nitrogens is 3. The van der Waals surface area contributed by atoms with Crippen molar-refractivity contribution in [1.82, 2.24) is 15.0 Å². The molecule has 2 aromatic heterocycles. The molecule has 0 aliphatic carbocycles. The summed E-state index contributed by atoms with van der Waals surface area (Å²) in [6.45, 7) is 0. The van der Waals surface area contributed by atoms with Crippen molar-refractivity contribution >= 4 is 17.1 Å². The number of carbonyl (C=O) groups excluding carboxylic acids is 1. The topological polar surface area (TPSA) is 65.0 Å². The molecular formula is C16H9F4N3O2S. The highest BCUT2D eigenvalue weighted by atomic mass is 32.1. The Morgan fingerprint density at radius 2 is 1.85 bits per heavy atom. The first-order chi connectivity index (χ1) is 12.3. The molecule has 2 heterocycles. The van der Waals surface area contributed by atoms with Crippen molar-refractivity contribution in [3.05, 3.63) is 64.4 Å². The molecule has 3 aromatic rings. The van der Waals surface area contributed by atoms with Gasteiger partial charge in [0.2, 0.25) is 0 Å².